The first-order chi connectivity index (χ1) is 37.0. The van der Waals surface area contributed by atoms with Gasteiger partial charge in [-0.25, -0.2) is 4.98 Å². The summed E-state index contributed by atoms with van der Waals surface area (Å²) < 4.78 is 9.77. The van der Waals surface area contributed by atoms with E-state index < -0.39 is 5.41 Å². The van der Waals surface area contributed by atoms with E-state index in [4.69, 9.17) is 9.72 Å². The SMILES string of the molecule is CC(C)c1cccc(C(C)C)c1C1=CN(c2cc(Oc3cc(C(C)(C)c4ccccc4)c4c5ccccc5n(-c5cc(C(C)(C)c6ccccc6)ccn5)c4c3)cc(-c3ccccc3)c2)CN1c1cccc(C(C)(C)C)c1. The fraction of sp³-hybridized carbons (Fsp3) is 0.236. The van der Waals surface area contributed by atoms with E-state index >= 15 is 0 Å². The van der Waals surface area contributed by atoms with Gasteiger partial charge in [-0.2, -0.15) is 0 Å². The van der Waals surface area contributed by atoms with Gasteiger partial charge in [-0.15, -0.1) is 0 Å². The maximum atomic E-state index is 7.43. The largest absolute Gasteiger partial charge is 0.457 e. The standard InChI is InChI=1S/C72H72N4O/c1-48(2)60-34-24-35-61(49(3)4)68(60)66-46-74(47-75(66)56-32-23-31-54(41-56)70(5,6)7)57-39-51(50-25-15-12-16-26-50)40-58(43-57)77-59-44-63(72(10,11)53-29-19-14-20-30-53)69-62-33-21-22-36-64(62)76(65(69)45-59)67-42-55(37-38-73-67)71(8,9)52-27-17-13-18-28-52/h12-46,48-49H,47H2,1-11H3. The highest BCUT2D eigenvalue weighted by molar-refractivity contribution is 6.12. The van der Waals surface area contributed by atoms with Crippen LogP contribution in [-0.2, 0) is 16.2 Å². The molecule has 77 heavy (non-hydrogen) atoms. The number of rotatable bonds is 13. The molecule has 11 rings (SSSR count). The minimum Gasteiger partial charge on any atom is -0.457 e. The van der Waals surface area contributed by atoms with Crippen molar-refractivity contribution in [2.24, 2.45) is 0 Å². The fourth-order valence-corrected chi connectivity index (χ4v) is 11.6. The number of hydrogen-bond acceptors (Lipinski definition) is 4. The van der Waals surface area contributed by atoms with Crippen molar-refractivity contribution in [3.05, 3.63) is 257 Å². The van der Waals surface area contributed by atoms with Gasteiger partial charge < -0.3 is 14.5 Å². The van der Waals surface area contributed by atoms with Crippen LogP contribution in [0.5, 0.6) is 11.5 Å². The molecule has 10 aromatic rings. The Kier molecular flexibility index (Phi) is 13.3. The molecule has 0 fully saturated rings. The molecular weight excluding hydrogens is 937 g/mol. The highest BCUT2D eigenvalue weighted by Crippen LogP contribution is 2.47. The predicted octanol–water partition coefficient (Wildman–Crippen LogP) is 19.1. The first kappa shape index (κ1) is 51.0. The second-order valence-corrected chi connectivity index (χ2v) is 23.8. The van der Waals surface area contributed by atoms with E-state index in [-0.39, 0.29) is 10.8 Å². The van der Waals surface area contributed by atoms with E-state index in [0.29, 0.717) is 18.5 Å². The van der Waals surface area contributed by atoms with Gasteiger partial charge in [0.05, 0.1) is 23.4 Å². The number of nitrogens with zero attached hydrogens (tertiary/aromatic N) is 4. The van der Waals surface area contributed by atoms with Crippen molar-refractivity contribution in [3.8, 4) is 28.4 Å². The third-order valence-electron chi connectivity index (χ3n) is 16.2. The monoisotopic (exact) mass is 1010 g/mol. The van der Waals surface area contributed by atoms with Crippen LogP contribution in [0.15, 0.2) is 213 Å². The summed E-state index contributed by atoms with van der Waals surface area (Å²) in [6.07, 6.45) is 4.35. The Hall–Kier alpha value is -8.15. The summed E-state index contributed by atoms with van der Waals surface area (Å²) in [5.41, 5.74) is 17.2. The highest BCUT2D eigenvalue weighted by atomic mass is 16.5. The molecule has 0 N–H and O–H groups in total. The number of pyridine rings is 1. The van der Waals surface area contributed by atoms with E-state index in [1.807, 2.05) is 6.20 Å². The smallest absolute Gasteiger partial charge is 0.137 e. The van der Waals surface area contributed by atoms with Crippen LogP contribution in [0.4, 0.5) is 11.4 Å². The molecule has 0 spiro atoms. The van der Waals surface area contributed by atoms with Crippen molar-refractivity contribution in [2.45, 2.75) is 104 Å². The number of para-hydroxylation sites is 1. The summed E-state index contributed by atoms with van der Waals surface area (Å²) in [6, 6.07) is 72.9. The number of ether oxygens (including phenoxy) is 1. The van der Waals surface area contributed by atoms with E-state index in [2.05, 4.69) is 297 Å². The Morgan fingerprint density at radius 2 is 1.08 bits per heavy atom. The molecule has 386 valence electrons. The van der Waals surface area contributed by atoms with Crippen molar-refractivity contribution in [2.75, 3.05) is 16.5 Å². The van der Waals surface area contributed by atoms with Crippen LogP contribution in [-0.4, -0.2) is 16.2 Å². The van der Waals surface area contributed by atoms with Crippen LogP contribution in [0.3, 0.4) is 0 Å². The van der Waals surface area contributed by atoms with Crippen molar-refractivity contribution in [1.29, 1.82) is 0 Å². The average molecular weight is 1010 g/mol. The average Bonchev–Trinajstić information content (AvgIpc) is 4.26. The van der Waals surface area contributed by atoms with E-state index in [9.17, 15) is 0 Å². The summed E-state index contributed by atoms with van der Waals surface area (Å²) in [5.74, 6) is 3.03. The topological polar surface area (TPSA) is 33.5 Å². The highest BCUT2D eigenvalue weighted by Gasteiger charge is 2.33. The molecule has 1 aliphatic heterocycles. The summed E-state index contributed by atoms with van der Waals surface area (Å²) in [4.78, 5) is 10.1. The lowest BCUT2D eigenvalue weighted by Crippen LogP contribution is -2.27. The van der Waals surface area contributed by atoms with Gasteiger partial charge in [-0.3, -0.25) is 4.57 Å². The molecule has 0 atom stereocenters. The molecule has 8 aromatic carbocycles. The molecule has 5 nitrogen and oxygen atoms in total. The molecule has 0 saturated carbocycles. The van der Waals surface area contributed by atoms with Crippen LogP contribution in [0.1, 0.15) is 133 Å². The number of benzene rings is 8. The Morgan fingerprint density at radius 3 is 1.74 bits per heavy atom. The lowest BCUT2D eigenvalue weighted by molar-refractivity contribution is 0.481. The van der Waals surface area contributed by atoms with Gasteiger partial charge in [-0.1, -0.05) is 216 Å². The van der Waals surface area contributed by atoms with Crippen LogP contribution >= 0.6 is 0 Å². The van der Waals surface area contributed by atoms with Gasteiger partial charge in [0.2, 0.25) is 0 Å². The molecule has 0 bridgehead atoms. The van der Waals surface area contributed by atoms with Gasteiger partial charge in [0, 0.05) is 63.1 Å². The number of fused-ring (bicyclic) bond motifs is 3. The lowest BCUT2D eigenvalue weighted by Gasteiger charge is -2.29. The third-order valence-corrected chi connectivity index (χ3v) is 16.2. The van der Waals surface area contributed by atoms with Gasteiger partial charge in [0.1, 0.15) is 17.3 Å². The maximum Gasteiger partial charge on any atom is 0.137 e. The first-order valence-corrected chi connectivity index (χ1v) is 27.5. The Labute approximate surface area is 457 Å². The molecule has 5 heteroatoms. The second-order valence-electron chi connectivity index (χ2n) is 23.8. The normalized spacial score (nSPS) is 13.3. The third kappa shape index (κ3) is 9.62. The first-order valence-electron chi connectivity index (χ1n) is 27.5. The molecule has 0 aliphatic carbocycles. The number of anilines is 2. The van der Waals surface area contributed by atoms with Gasteiger partial charge in [-0.05, 0) is 116 Å². The Balaban J connectivity index is 1.11. The Bertz CT molecular complexity index is 3770. The van der Waals surface area contributed by atoms with E-state index in [1.165, 1.54) is 66.7 Å². The van der Waals surface area contributed by atoms with Gasteiger partial charge >= 0.3 is 0 Å². The lowest BCUT2D eigenvalue weighted by atomic mass is 9.76. The number of hydrogen-bond donors (Lipinski definition) is 0. The molecule has 0 amide bonds. The predicted molar refractivity (Wildman–Crippen MR) is 325 cm³/mol. The van der Waals surface area contributed by atoms with Crippen LogP contribution in [0.25, 0.3) is 44.4 Å². The van der Waals surface area contributed by atoms with Crippen molar-refractivity contribution in [3.63, 3.8) is 0 Å². The summed E-state index contributed by atoms with van der Waals surface area (Å²) in [5, 5.41) is 2.35. The summed E-state index contributed by atoms with van der Waals surface area (Å²) in [6.45, 7) is 26.1. The van der Waals surface area contributed by atoms with Gasteiger partial charge in [0.25, 0.3) is 0 Å². The molecule has 0 unspecified atom stereocenters. The summed E-state index contributed by atoms with van der Waals surface area (Å²) >= 11 is 0. The van der Waals surface area contributed by atoms with Crippen LogP contribution < -0.4 is 14.5 Å². The van der Waals surface area contributed by atoms with Crippen molar-refractivity contribution < 1.29 is 4.74 Å². The zero-order valence-electron chi connectivity index (χ0n) is 46.8. The van der Waals surface area contributed by atoms with Crippen LogP contribution in [0, 0.1) is 0 Å². The minimum atomic E-state index is -0.416. The second kappa shape index (κ2) is 20.1. The molecular formula is C72H72N4O. The van der Waals surface area contributed by atoms with Gasteiger partial charge in [0.15, 0.2) is 0 Å². The quantitative estimate of drug-likeness (QED) is 0.115. The maximum absolute atomic E-state index is 7.43. The molecule has 3 heterocycles. The van der Waals surface area contributed by atoms with Crippen molar-refractivity contribution in [1.82, 2.24) is 9.55 Å². The molecule has 1 aliphatic rings. The van der Waals surface area contributed by atoms with E-state index in [1.54, 1.807) is 0 Å². The summed E-state index contributed by atoms with van der Waals surface area (Å²) in [7, 11) is 0. The molecule has 0 radical (unpaired) electrons. The Morgan fingerprint density at radius 1 is 0.481 bits per heavy atom. The van der Waals surface area contributed by atoms with Crippen molar-refractivity contribution >= 4 is 38.9 Å². The molecule has 0 saturated heterocycles. The minimum absolute atomic E-state index is 0.0120. The fourth-order valence-electron chi connectivity index (χ4n) is 11.6. The van der Waals surface area contributed by atoms with E-state index in [0.717, 1.165) is 45.2 Å². The zero-order valence-corrected chi connectivity index (χ0v) is 46.8. The number of aromatic nitrogens is 2. The molecule has 2 aromatic heterocycles. The van der Waals surface area contributed by atoms with Crippen LogP contribution in [0.2, 0.25) is 0 Å². The zero-order chi connectivity index (χ0) is 53.8.